The molecule has 0 aliphatic heterocycles. The fraction of sp³-hybridized carbons (Fsp3) is 0.0556. The lowest BCUT2D eigenvalue weighted by Crippen LogP contribution is -1.99. The lowest BCUT2D eigenvalue weighted by molar-refractivity contribution is 0.101. The van der Waals surface area contributed by atoms with Crippen molar-refractivity contribution in [2.24, 2.45) is 0 Å². The van der Waals surface area contributed by atoms with Gasteiger partial charge >= 0.3 is 0 Å². The number of anilines is 1. The van der Waals surface area contributed by atoms with Crippen LogP contribution in [0.1, 0.15) is 17.3 Å². The van der Waals surface area contributed by atoms with Crippen molar-refractivity contribution in [2.45, 2.75) is 6.92 Å². The summed E-state index contributed by atoms with van der Waals surface area (Å²) >= 11 is 0. The van der Waals surface area contributed by atoms with Crippen LogP contribution in [0.4, 0.5) is 5.69 Å². The van der Waals surface area contributed by atoms with Crippen LogP contribution in [-0.4, -0.2) is 5.78 Å². The average Bonchev–Trinajstić information content (AvgIpc) is 2.49. The van der Waals surface area contributed by atoms with Gasteiger partial charge in [0.25, 0.3) is 0 Å². The van der Waals surface area contributed by atoms with E-state index in [2.05, 4.69) is 6.07 Å². The number of carbonyl (C=O) groups is 1. The van der Waals surface area contributed by atoms with E-state index >= 15 is 0 Å². The number of benzene rings is 3. The molecule has 0 saturated carbocycles. The van der Waals surface area contributed by atoms with Crippen LogP contribution in [0.2, 0.25) is 0 Å². The summed E-state index contributed by atoms with van der Waals surface area (Å²) in [6.07, 6.45) is 0. The van der Waals surface area contributed by atoms with Crippen LogP contribution < -0.4 is 10.5 Å². The Labute approximate surface area is 123 Å². The Bertz CT molecular complexity index is 824. The zero-order valence-electron chi connectivity index (χ0n) is 11.7. The normalized spacial score (nSPS) is 10.5. The van der Waals surface area contributed by atoms with E-state index in [1.165, 1.54) is 6.92 Å². The highest BCUT2D eigenvalue weighted by molar-refractivity contribution is 5.99. The van der Waals surface area contributed by atoms with Crippen LogP contribution in [0.3, 0.4) is 0 Å². The average molecular weight is 277 g/mol. The quantitative estimate of drug-likeness (QED) is 0.569. The van der Waals surface area contributed by atoms with Gasteiger partial charge in [0.15, 0.2) is 5.78 Å². The largest absolute Gasteiger partial charge is 0.457 e. The van der Waals surface area contributed by atoms with Crippen molar-refractivity contribution >= 4 is 22.2 Å². The minimum Gasteiger partial charge on any atom is -0.457 e. The van der Waals surface area contributed by atoms with Crippen molar-refractivity contribution in [1.82, 2.24) is 0 Å². The highest BCUT2D eigenvalue weighted by Crippen LogP contribution is 2.28. The maximum atomic E-state index is 11.5. The summed E-state index contributed by atoms with van der Waals surface area (Å²) in [7, 11) is 0. The van der Waals surface area contributed by atoms with E-state index in [4.69, 9.17) is 10.5 Å². The summed E-state index contributed by atoms with van der Waals surface area (Å²) in [6.45, 7) is 1.49. The molecule has 0 aliphatic carbocycles. The van der Waals surface area contributed by atoms with E-state index in [9.17, 15) is 4.79 Å². The Morgan fingerprint density at radius 1 is 0.905 bits per heavy atom. The van der Waals surface area contributed by atoms with Gasteiger partial charge in [-0.25, -0.2) is 0 Å². The number of nitrogens with two attached hydrogens (primary N) is 1. The summed E-state index contributed by atoms with van der Waals surface area (Å²) in [5.74, 6) is 1.26. The molecule has 3 nitrogen and oxygen atoms in total. The van der Waals surface area contributed by atoms with Crippen molar-refractivity contribution in [1.29, 1.82) is 0 Å². The predicted molar refractivity (Wildman–Crippen MR) is 84.9 cm³/mol. The van der Waals surface area contributed by atoms with Gasteiger partial charge in [0.1, 0.15) is 11.5 Å². The van der Waals surface area contributed by atoms with Gasteiger partial charge in [-0.3, -0.25) is 4.79 Å². The topological polar surface area (TPSA) is 52.3 Å². The predicted octanol–water partition coefficient (Wildman–Crippen LogP) is 4.42. The summed E-state index contributed by atoms with van der Waals surface area (Å²) < 4.78 is 5.82. The lowest BCUT2D eigenvalue weighted by Gasteiger charge is -2.09. The molecule has 104 valence electrons. The molecule has 0 radical (unpaired) electrons. The fourth-order valence-corrected chi connectivity index (χ4v) is 2.27. The molecular formula is C18H15NO2. The van der Waals surface area contributed by atoms with E-state index in [1.807, 2.05) is 36.4 Å². The molecule has 0 saturated heterocycles. The van der Waals surface area contributed by atoms with Crippen LogP contribution in [0.25, 0.3) is 10.8 Å². The number of ether oxygens (including phenoxy) is 1. The second-order valence-electron chi connectivity index (χ2n) is 4.92. The minimum absolute atomic E-state index is 0.0727. The van der Waals surface area contributed by atoms with Crippen LogP contribution in [0.5, 0.6) is 11.5 Å². The lowest BCUT2D eigenvalue weighted by atomic mass is 10.1. The Kier molecular flexibility index (Phi) is 3.32. The molecule has 0 bridgehead atoms. The van der Waals surface area contributed by atoms with Crippen LogP contribution in [0.15, 0.2) is 60.7 Å². The molecule has 2 N–H and O–H groups in total. The maximum Gasteiger partial charge on any atom is 0.162 e. The molecule has 0 fully saturated rings. The number of hydrogen-bond acceptors (Lipinski definition) is 3. The fourth-order valence-electron chi connectivity index (χ4n) is 2.27. The molecule has 21 heavy (non-hydrogen) atoms. The molecule has 3 aromatic rings. The third-order valence-corrected chi connectivity index (χ3v) is 3.36. The molecule has 3 rings (SSSR count). The third-order valence-electron chi connectivity index (χ3n) is 3.36. The number of hydrogen-bond donors (Lipinski definition) is 1. The second-order valence-corrected chi connectivity index (χ2v) is 4.92. The van der Waals surface area contributed by atoms with E-state index in [0.717, 1.165) is 16.5 Å². The van der Waals surface area contributed by atoms with Crippen molar-refractivity contribution in [3.05, 3.63) is 66.2 Å². The Morgan fingerprint density at radius 3 is 2.33 bits per heavy atom. The van der Waals surface area contributed by atoms with Gasteiger partial charge in [-0.05, 0) is 48.0 Å². The molecular weight excluding hydrogens is 262 g/mol. The van der Waals surface area contributed by atoms with Gasteiger partial charge in [-0.15, -0.1) is 0 Å². The van der Waals surface area contributed by atoms with E-state index in [1.54, 1.807) is 18.2 Å². The summed E-state index contributed by atoms with van der Waals surface area (Å²) in [6, 6.07) is 19.1. The molecule has 0 aromatic heterocycles. The molecule has 0 spiro atoms. The molecule has 0 unspecified atom stereocenters. The van der Waals surface area contributed by atoms with E-state index in [-0.39, 0.29) is 5.78 Å². The Hall–Kier alpha value is -2.81. The smallest absolute Gasteiger partial charge is 0.162 e. The summed E-state index contributed by atoms with van der Waals surface area (Å²) in [5.41, 5.74) is 6.73. The Morgan fingerprint density at radius 2 is 1.57 bits per heavy atom. The molecule has 3 aromatic carbocycles. The van der Waals surface area contributed by atoms with E-state index in [0.29, 0.717) is 17.0 Å². The zero-order chi connectivity index (χ0) is 14.8. The van der Waals surface area contributed by atoms with Crippen LogP contribution in [0, 0.1) is 0 Å². The molecule has 0 aliphatic rings. The standard InChI is InChI=1S/C18H15NO2/c1-12(20)17-11-16(8-9-18(17)19)21-15-7-6-13-4-2-3-5-14(13)10-15/h2-11H,19H2,1H3. The van der Waals surface area contributed by atoms with Gasteiger partial charge in [-0.1, -0.05) is 30.3 Å². The van der Waals surface area contributed by atoms with E-state index < -0.39 is 0 Å². The zero-order valence-corrected chi connectivity index (χ0v) is 11.7. The number of nitrogen functional groups attached to an aromatic ring is 1. The van der Waals surface area contributed by atoms with Gasteiger partial charge in [-0.2, -0.15) is 0 Å². The molecule has 3 heteroatoms. The van der Waals surface area contributed by atoms with Crippen molar-refractivity contribution in [3.8, 4) is 11.5 Å². The monoisotopic (exact) mass is 277 g/mol. The van der Waals surface area contributed by atoms with Crippen molar-refractivity contribution in [2.75, 3.05) is 5.73 Å². The number of rotatable bonds is 3. The van der Waals surface area contributed by atoms with Crippen molar-refractivity contribution < 1.29 is 9.53 Å². The number of fused-ring (bicyclic) bond motifs is 1. The van der Waals surface area contributed by atoms with Gasteiger partial charge in [0.05, 0.1) is 0 Å². The number of carbonyl (C=O) groups excluding carboxylic acids is 1. The third kappa shape index (κ3) is 2.72. The van der Waals surface area contributed by atoms with Gasteiger partial charge < -0.3 is 10.5 Å². The minimum atomic E-state index is -0.0727. The highest BCUT2D eigenvalue weighted by Gasteiger charge is 2.07. The second kappa shape index (κ2) is 5.29. The number of Topliss-reactive ketones (excluding diaryl/α,β-unsaturated/α-hetero) is 1. The first kappa shape index (κ1) is 13.2. The SMILES string of the molecule is CC(=O)c1cc(Oc2ccc3ccccc3c2)ccc1N. The summed E-state index contributed by atoms with van der Waals surface area (Å²) in [4.78, 5) is 11.5. The molecule has 0 heterocycles. The maximum absolute atomic E-state index is 11.5. The highest BCUT2D eigenvalue weighted by atomic mass is 16.5. The number of ketones is 1. The first-order valence-corrected chi connectivity index (χ1v) is 6.70. The molecule has 0 atom stereocenters. The van der Waals surface area contributed by atoms with Crippen molar-refractivity contribution in [3.63, 3.8) is 0 Å². The van der Waals surface area contributed by atoms with Crippen LogP contribution in [-0.2, 0) is 0 Å². The summed E-state index contributed by atoms with van der Waals surface area (Å²) in [5, 5.41) is 2.27. The van der Waals surface area contributed by atoms with Crippen LogP contribution >= 0.6 is 0 Å². The van der Waals surface area contributed by atoms with Gasteiger partial charge in [0.2, 0.25) is 0 Å². The first-order chi connectivity index (χ1) is 10.1. The van der Waals surface area contributed by atoms with Gasteiger partial charge in [0, 0.05) is 11.3 Å². The molecule has 0 amide bonds. The Balaban J connectivity index is 1.94. The first-order valence-electron chi connectivity index (χ1n) is 6.70.